The fourth-order valence-electron chi connectivity index (χ4n) is 2.40. The highest BCUT2D eigenvalue weighted by atomic mass is 16.1. The van der Waals surface area contributed by atoms with Crippen LogP contribution < -0.4 is 0 Å². The molecule has 3 saturated carbocycles. The lowest BCUT2D eigenvalue weighted by atomic mass is 9.64. The lowest BCUT2D eigenvalue weighted by Gasteiger charge is -2.38. The summed E-state index contributed by atoms with van der Waals surface area (Å²) in [5.41, 5.74) is 0. The average Bonchev–Trinajstić information content (AvgIpc) is 2.05. The van der Waals surface area contributed by atoms with Crippen LogP contribution in [0.15, 0.2) is 0 Å². The van der Waals surface area contributed by atoms with Crippen LogP contribution in [0.25, 0.3) is 0 Å². The molecule has 0 N–H and O–H groups in total. The minimum absolute atomic E-state index is 0.320. The Hall–Kier alpha value is -0.770. The van der Waals surface area contributed by atoms with Crippen molar-refractivity contribution in [2.24, 2.45) is 17.8 Å². The summed E-state index contributed by atoms with van der Waals surface area (Å²) in [6.07, 6.45) is 9.39. The molecule has 0 aromatic heterocycles. The van der Waals surface area contributed by atoms with Gasteiger partial charge in [-0.25, -0.2) is 0 Å². The summed E-state index contributed by atoms with van der Waals surface area (Å²) >= 11 is 0. The van der Waals surface area contributed by atoms with Gasteiger partial charge in [0.05, 0.1) is 0 Å². The van der Waals surface area contributed by atoms with Gasteiger partial charge < -0.3 is 0 Å². The molecule has 58 valence electrons. The van der Waals surface area contributed by atoms with Crippen molar-refractivity contribution in [2.45, 2.75) is 25.7 Å². The number of fused-ring (bicyclic) bond motifs is 3. The highest BCUT2D eigenvalue weighted by Crippen LogP contribution is 2.42. The van der Waals surface area contributed by atoms with Crippen molar-refractivity contribution in [3.8, 4) is 12.3 Å². The lowest BCUT2D eigenvalue weighted by molar-refractivity contribution is -0.130. The van der Waals surface area contributed by atoms with Gasteiger partial charge in [-0.2, -0.15) is 0 Å². The van der Waals surface area contributed by atoms with Crippen LogP contribution in [0.3, 0.4) is 0 Å². The quantitative estimate of drug-likeness (QED) is 0.477. The van der Waals surface area contributed by atoms with Gasteiger partial charge in [0.15, 0.2) is 0 Å². The van der Waals surface area contributed by atoms with E-state index in [1.54, 1.807) is 0 Å². The monoisotopic (exact) mass is 148 g/mol. The Morgan fingerprint density at radius 2 is 2.27 bits per heavy atom. The molecule has 3 aliphatic carbocycles. The van der Waals surface area contributed by atoms with Gasteiger partial charge in [0.2, 0.25) is 0 Å². The smallest absolute Gasteiger partial charge is 0.136 e. The van der Waals surface area contributed by atoms with Crippen LogP contribution in [0, 0.1) is 30.1 Å². The molecule has 3 fully saturated rings. The van der Waals surface area contributed by atoms with Crippen molar-refractivity contribution in [3.63, 3.8) is 0 Å². The molecule has 3 atom stereocenters. The third-order valence-electron chi connectivity index (χ3n) is 3.13. The van der Waals surface area contributed by atoms with Crippen LogP contribution in [-0.4, -0.2) is 5.78 Å². The van der Waals surface area contributed by atoms with E-state index in [-0.39, 0.29) is 0 Å². The van der Waals surface area contributed by atoms with Gasteiger partial charge in [-0.3, -0.25) is 4.79 Å². The van der Waals surface area contributed by atoms with Gasteiger partial charge in [0.1, 0.15) is 5.78 Å². The first-order chi connectivity index (χ1) is 5.31. The molecule has 0 amide bonds. The highest BCUT2D eigenvalue weighted by Gasteiger charge is 2.39. The zero-order valence-corrected chi connectivity index (χ0v) is 6.55. The maximum atomic E-state index is 11.2. The first-order valence-corrected chi connectivity index (χ1v) is 4.30. The summed E-state index contributed by atoms with van der Waals surface area (Å²) in [7, 11) is 0. The van der Waals surface area contributed by atoms with Gasteiger partial charge in [0, 0.05) is 18.3 Å². The minimum atomic E-state index is 0.320. The maximum absolute atomic E-state index is 11.2. The van der Waals surface area contributed by atoms with Gasteiger partial charge >= 0.3 is 0 Å². The van der Waals surface area contributed by atoms with Gasteiger partial charge in [-0.05, 0) is 25.2 Å². The second-order valence-corrected chi connectivity index (χ2v) is 3.71. The Morgan fingerprint density at radius 3 is 2.73 bits per heavy atom. The molecule has 3 rings (SSSR count). The first kappa shape index (κ1) is 6.91. The number of carbonyl (C=O) groups excluding carboxylic acids is 1. The molecule has 2 bridgehead atoms. The van der Waals surface area contributed by atoms with E-state index in [0.717, 1.165) is 19.3 Å². The van der Waals surface area contributed by atoms with E-state index in [0.29, 0.717) is 23.5 Å². The van der Waals surface area contributed by atoms with Crippen molar-refractivity contribution >= 4 is 5.78 Å². The standard InChI is InChI=1S/C10H12O/c1-2-7-5-9-4-3-8(7)6-10(9)11/h1,7-9H,3-6H2/t7-,8+,9+/m0/s1. The average molecular weight is 148 g/mol. The molecule has 0 spiro atoms. The molecule has 1 nitrogen and oxygen atoms in total. The van der Waals surface area contributed by atoms with Gasteiger partial charge in [0.25, 0.3) is 0 Å². The van der Waals surface area contributed by atoms with Crippen LogP contribution in [0.1, 0.15) is 25.7 Å². The lowest BCUT2D eigenvalue weighted by Crippen LogP contribution is -2.37. The van der Waals surface area contributed by atoms with Crippen LogP contribution in [0.2, 0.25) is 0 Å². The predicted octanol–water partition coefficient (Wildman–Crippen LogP) is 1.62. The van der Waals surface area contributed by atoms with Crippen molar-refractivity contribution < 1.29 is 4.79 Å². The predicted molar refractivity (Wildman–Crippen MR) is 42.8 cm³/mol. The number of hydrogen-bond donors (Lipinski definition) is 0. The maximum Gasteiger partial charge on any atom is 0.136 e. The van der Waals surface area contributed by atoms with Crippen molar-refractivity contribution in [2.75, 3.05) is 0 Å². The Bertz CT molecular complexity index is 224. The van der Waals surface area contributed by atoms with Crippen molar-refractivity contribution in [3.05, 3.63) is 0 Å². The molecule has 0 radical (unpaired) electrons. The zero-order chi connectivity index (χ0) is 7.84. The number of Topliss-reactive ketones (excluding diaryl/α,β-unsaturated/α-hetero) is 1. The molecular formula is C10H12O. The summed E-state index contributed by atoms with van der Waals surface area (Å²) in [5.74, 6) is 4.52. The molecule has 0 aliphatic heterocycles. The molecule has 1 heteroatoms. The Morgan fingerprint density at radius 1 is 1.45 bits per heavy atom. The van der Waals surface area contributed by atoms with E-state index >= 15 is 0 Å². The van der Waals surface area contributed by atoms with Gasteiger partial charge in [-0.1, -0.05) is 0 Å². The molecular weight excluding hydrogens is 136 g/mol. The van der Waals surface area contributed by atoms with Crippen molar-refractivity contribution in [1.82, 2.24) is 0 Å². The Balaban J connectivity index is 2.17. The van der Waals surface area contributed by atoms with Crippen LogP contribution in [-0.2, 0) is 4.79 Å². The van der Waals surface area contributed by atoms with E-state index in [1.807, 2.05) is 0 Å². The van der Waals surface area contributed by atoms with Crippen LogP contribution >= 0.6 is 0 Å². The van der Waals surface area contributed by atoms with Gasteiger partial charge in [-0.15, -0.1) is 12.3 Å². The summed E-state index contributed by atoms with van der Waals surface area (Å²) in [4.78, 5) is 11.2. The zero-order valence-electron chi connectivity index (χ0n) is 6.55. The van der Waals surface area contributed by atoms with E-state index in [2.05, 4.69) is 5.92 Å². The van der Waals surface area contributed by atoms with Crippen LogP contribution in [0.4, 0.5) is 0 Å². The highest BCUT2D eigenvalue weighted by molar-refractivity contribution is 5.83. The number of terminal acetylenes is 1. The Labute approximate surface area is 67.2 Å². The Kier molecular flexibility index (Phi) is 1.49. The topological polar surface area (TPSA) is 17.1 Å². The third kappa shape index (κ3) is 0.976. The van der Waals surface area contributed by atoms with E-state index < -0.39 is 0 Å². The first-order valence-electron chi connectivity index (χ1n) is 4.30. The van der Waals surface area contributed by atoms with E-state index in [1.165, 1.54) is 6.42 Å². The molecule has 0 aromatic rings. The molecule has 0 heterocycles. The largest absolute Gasteiger partial charge is 0.299 e. The molecule has 3 aliphatic rings. The van der Waals surface area contributed by atoms with Crippen LogP contribution in [0.5, 0.6) is 0 Å². The fourth-order valence-corrected chi connectivity index (χ4v) is 2.40. The number of ketones is 1. The van der Waals surface area contributed by atoms with E-state index in [9.17, 15) is 4.79 Å². The number of carbonyl (C=O) groups is 1. The fraction of sp³-hybridized carbons (Fsp3) is 0.700. The second-order valence-electron chi connectivity index (χ2n) is 3.71. The van der Waals surface area contributed by atoms with Crippen molar-refractivity contribution in [1.29, 1.82) is 0 Å². The SMILES string of the molecule is C#C[C@H]1C[C@H]2CC[C@@H]1CC2=O. The number of hydrogen-bond acceptors (Lipinski definition) is 1. The third-order valence-corrected chi connectivity index (χ3v) is 3.13. The normalized spacial score (nSPS) is 42.1. The molecule has 11 heavy (non-hydrogen) atoms. The summed E-state index contributed by atoms with van der Waals surface area (Å²) in [6.45, 7) is 0. The second kappa shape index (κ2) is 2.37. The molecule has 0 aromatic carbocycles. The molecule has 0 unspecified atom stereocenters. The summed E-state index contributed by atoms with van der Waals surface area (Å²) in [6, 6.07) is 0. The van der Waals surface area contributed by atoms with E-state index in [4.69, 9.17) is 6.42 Å². The molecule has 0 saturated heterocycles. The number of rotatable bonds is 0. The summed E-state index contributed by atoms with van der Waals surface area (Å²) in [5, 5.41) is 0. The summed E-state index contributed by atoms with van der Waals surface area (Å²) < 4.78 is 0. The minimum Gasteiger partial charge on any atom is -0.299 e.